The molecule has 2 heterocycles. The second kappa shape index (κ2) is 9.33. The van der Waals surface area contributed by atoms with Crippen molar-refractivity contribution in [2.24, 2.45) is 5.92 Å². The number of methoxy groups -OCH3 is 1. The van der Waals surface area contributed by atoms with Gasteiger partial charge in [-0.05, 0) is 68.0 Å². The second-order valence-electron chi connectivity index (χ2n) is 8.28. The molecular formula is C22H34N2O2S. The maximum Gasteiger partial charge on any atom is 0.239 e. The van der Waals surface area contributed by atoms with Gasteiger partial charge in [-0.1, -0.05) is 25.1 Å². The van der Waals surface area contributed by atoms with Crippen LogP contribution >= 0.6 is 11.8 Å². The van der Waals surface area contributed by atoms with Crippen molar-refractivity contribution in [2.75, 3.05) is 40.0 Å². The predicted molar refractivity (Wildman–Crippen MR) is 114 cm³/mol. The number of para-hydroxylation sites is 1. The van der Waals surface area contributed by atoms with Gasteiger partial charge >= 0.3 is 0 Å². The molecule has 0 bridgehead atoms. The third-order valence-electron chi connectivity index (χ3n) is 6.12. The maximum atomic E-state index is 12.9. The van der Waals surface area contributed by atoms with Gasteiger partial charge < -0.3 is 9.64 Å². The van der Waals surface area contributed by atoms with Crippen LogP contribution in [0.15, 0.2) is 24.3 Å². The zero-order valence-electron chi connectivity index (χ0n) is 17.2. The van der Waals surface area contributed by atoms with Gasteiger partial charge in [0.05, 0.1) is 13.2 Å². The van der Waals surface area contributed by atoms with Crippen molar-refractivity contribution in [1.82, 2.24) is 9.80 Å². The van der Waals surface area contributed by atoms with E-state index in [1.54, 1.807) is 12.0 Å². The number of amides is 1. The number of hydrogen-bond donors (Lipinski definition) is 0. The lowest BCUT2D eigenvalue weighted by atomic mass is 9.84. The highest BCUT2D eigenvalue weighted by Crippen LogP contribution is 2.38. The molecule has 1 amide bonds. The molecule has 2 aliphatic rings. The molecule has 0 aromatic heterocycles. The van der Waals surface area contributed by atoms with Crippen molar-refractivity contribution in [1.29, 1.82) is 0 Å². The summed E-state index contributed by atoms with van der Waals surface area (Å²) in [5, 5.41) is 0.797. The molecular weight excluding hydrogens is 356 g/mol. The summed E-state index contributed by atoms with van der Waals surface area (Å²) >= 11 is 2.10. The minimum Gasteiger partial charge on any atom is -0.496 e. The summed E-state index contributed by atoms with van der Waals surface area (Å²) in [6.07, 6.45) is 4.52. The first-order chi connectivity index (χ1) is 13.0. The summed E-state index contributed by atoms with van der Waals surface area (Å²) in [6, 6.07) is 8.26. The van der Waals surface area contributed by atoms with Gasteiger partial charge in [-0.3, -0.25) is 9.69 Å². The minimum atomic E-state index is -0.0184. The summed E-state index contributed by atoms with van der Waals surface area (Å²) < 4.78 is 5.58. The number of ether oxygens (including phenoxy) is 1. The van der Waals surface area contributed by atoms with E-state index in [9.17, 15) is 4.79 Å². The molecule has 4 unspecified atom stereocenters. The number of piperidine rings is 1. The largest absolute Gasteiger partial charge is 0.496 e. The number of likely N-dealkylation sites (N-methyl/N-ethyl adjacent to an activating group) is 1. The van der Waals surface area contributed by atoms with E-state index in [4.69, 9.17) is 4.74 Å². The Hall–Kier alpha value is -1.20. The highest BCUT2D eigenvalue weighted by atomic mass is 32.2. The third kappa shape index (κ3) is 5.00. The Labute approximate surface area is 168 Å². The van der Waals surface area contributed by atoms with Gasteiger partial charge in [-0.2, -0.15) is 11.8 Å². The number of likely N-dealkylation sites (tertiary alicyclic amines) is 1. The van der Waals surface area contributed by atoms with Crippen LogP contribution in [0.4, 0.5) is 0 Å². The van der Waals surface area contributed by atoms with E-state index < -0.39 is 0 Å². The number of hydrogen-bond acceptors (Lipinski definition) is 4. The lowest BCUT2D eigenvalue weighted by Gasteiger charge is -2.40. The van der Waals surface area contributed by atoms with Gasteiger partial charge in [0.1, 0.15) is 5.75 Å². The Morgan fingerprint density at radius 3 is 2.74 bits per heavy atom. The molecule has 0 saturated carbocycles. The zero-order chi connectivity index (χ0) is 19.4. The molecule has 0 aliphatic carbocycles. The molecule has 1 aromatic rings. The average Bonchev–Trinajstić information content (AvgIpc) is 3.10. The molecule has 2 aliphatic heterocycles. The normalized spacial score (nSPS) is 28.9. The fraction of sp³-hybridized carbons (Fsp3) is 0.682. The van der Waals surface area contributed by atoms with Crippen LogP contribution < -0.4 is 4.74 Å². The van der Waals surface area contributed by atoms with Crippen LogP contribution in [-0.2, 0) is 4.79 Å². The van der Waals surface area contributed by atoms with E-state index in [1.165, 1.54) is 24.2 Å². The molecule has 0 radical (unpaired) electrons. The van der Waals surface area contributed by atoms with Crippen LogP contribution in [0.2, 0.25) is 0 Å². The minimum absolute atomic E-state index is 0.0184. The first kappa shape index (κ1) is 20.5. The SMILES string of the molecule is COc1ccccc1C1CCN(CCC2CSC(C)C2)C(C(=O)N(C)C)C1. The van der Waals surface area contributed by atoms with Gasteiger partial charge in [0.25, 0.3) is 0 Å². The van der Waals surface area contributed by atoms with E-state index in [0.717, 1.165) is 42.8 Å². The molecule has 4 atom stereocenters. The molecule has 0 spiro atoms. The van der Waals surface area contributed by atoms with Crippen LogP contribution in [0, 0.1) is 5.92 Å². The van der Waals surface area contributed by atoms with Gasteiger partial charge in [-0.15, -0.1) is 0 Å². The van der Waals surface area contributed by atoms with Crippen molar-refractivity contribution < 1.29 is 9.53 Å². The molecule has 5 heteroatoms. The molecule has 150 valence electrons. The van der Waals surface area contributed by atoms with E-state index in [-0.39, 0.29) is 11.9 Å². The predicted octanol–water partition coefficient (Wildman–Crippen LogP) is 3.86. The smallest absolute Gasteiger partial charge is 0.239 e. The van der Waals surface area contributed by atoms with E-state index >= 15 is 0 Å². The molecule has 3 rings (SSSR count). The number of rotatable bonds is 6. The van der Waals surface area contributed by atoms with Crippen molar-refractivity contribution in [2.45, 2.75) is 49.8 Å². The van der Waals surface area contributed by atoms with Gasteiger partial charge in [0, 0.05) is 19.3 Å². The summed E-state index contributed by atoms with van der Waals surface area (Å²) in [5.41, 5.74) is 1.25. The van der Waals surface area contributed by atoms with E-state index in [1.807, 2.05) is 26.2 Å². The zero-order valence-corrected chi connectivity index (χ0v) is 18.0. The lowest BCUT2D eigenvalue weighted by molar-refractivity contribution is -0.136. The second-order valence-corrected chi connectivity index (χ2v) is 9.75. The quantitative estimate of drug-likeness (QED) is 0.738. The summed E-state index contributed by atoms with van der Waals surface area (Å²) in [6.45, 7) is 4.37. The van der Waals surface area contributed by atoms with Crippen LogP contribution in [0.5, 0.6) is 5.75 Å². The van der Waals surface area contributed by atoms with Gasteiger partial charge in [-0.25, -0.2) is 0 Å². The van der Waals surface area contributed by atoms with Crippen LogP contribution in [0.25, 0.3) is 0 Å². The fourth-order valence-corrected chi connectivity index (χ4v) is 5.89. The van der Waals surface area contributed by atoms with Gasteiger partial charge in [0.2, 0.25) is 5.91 Å². The first-order valence-corrected chi connectivity index (χ1v) is 11.2. The number of thioether (sulfide) groups is 1. The van der Waals surface area contributed by atoms with Crippen molar-refractivity contribution in [3.05, 3.63) is 29.8 Å². The summed E-state index contributed by atoms with van der Waals surface area (Å²) in [5.74, 6) is 3.67. The molecule has 2 saturated heterocycles. The number of carbonyl (C=O) groups is 1. The van der Waals surface area contributed by atoms with Crippen LogP contribution in [0.3, 0.4) is 0 Å². The lowest BCUT2D eigenvalue weighted by Crippen LogP contribution is -2.51. The standard InChI is InChI=1S/C22H34N2O2S/c1-16-13-17(15-27-16)9-11-24-12-10-18(14-20(24)22(25)23(2)3)19-7-5-6-8-21(19)26-4/h5-8,16-18,20H,9-15H2,1-4H3. The van der Waals surface area contributed by atoms with Crippen molar-refractivity contribution >= 4 is 17.7 Å². The number of carbonyl (C=O) groups excluding carboxylic acids is 1. The average molecular weight is 391 g/mol. The third-order valence-corrected chi connectivity index (χ3v) is 7.55. The molecule has 2 fully saturated rings. The highest BCUT2D eigenvalue weighted by Gasteiger charge is 2.36. The number of nitrogens with zero attached hydrogens (tertiary/aromatic N) is 2. The van der Waals surface area contributed by atoms with Crippen molar-refractivity contribution in [3.8, 4) is 5.75 Å². The van der Waals surface area contributed by atoms with Crippen LogP contribution in [-0.4, -0.2) is 67.0 Å². The van der Waals surface area contributed by atoms with Crippen molar-refractivity contribution in [3.63, 3.8) is 0 Å². The van der Waals surface area contributed by atoms with E-state index in [0.29, 0.717) is 5.92 Å². The fourth-order valence-electron chi connectivity index (χ4n) is 4.58. The summed E-state index contributed by atoms with van der Waals surface area (Å²) in [4.78, 5) is 17.1. The molecule has 27 heavy (non-hydrogen) atoms. The molecule has 0 N–H and O–H groups in total. The van der Waals surface area contributed by atoms with Crippen LogP contribution in [0.1, 0.15) is 44.1 Å². The topological polar surface area (TPSA) is 32.8 Å². The van der Waals surface area contributed by atoms with E-state index in [2.05, 4.69) is 35.7 Å². The summed E-state index contributed by atoms with van der Waals surface area (Å²) in [7, 11) is 5.49. The Morgan fingerprint density at radius 2 is 2.07 bits per heavy atom. The maximum absolute atomic E-state index is 12.9. The highest BCUT2D eigenvalue weighted by molar-refractivity contribution is 8.00. The number of benzene rings is 1. The molecule has 1 aromatic carbocycles. The Kier molecular flexibility index (Phi) is 7.10. The Bertz CT molecular complexity index is 636. The monoisotopic (exact) mass is 390 g/mol. The Balaban J connectivity index is 1.69. The van der Waals surface area contributed by atoms with Gasteiger partial charge in [0.15, 0.2) is 0 Å². The Morgan fingerprint density at radius 1 is 1.30 bits per heavy atom. The first-order valence-electron chi connectivity index (χ1n) is 10.2. The molecule has 4 nitrogen and oxygen atoms in total.